The Morgan fingerprint density at radius 2 is 0.833 bits per heavy atom. The van der Waals surface area contributed by atoms with E-state index in [4.69, 9.17) is 14.2 Å². The van der Waals surface area contributed by atoms with Crippen LogP contribution < -0.4 is 0 Å². The van der Waals surface area contributed by atoms with Crippen molar-refractivity contribution in [1.29, 1.82) is 0 Å². The van der Waals surface area contributed by atoms with Gasteiger partial charge >= 0.3 is 12.1 Å². The van der Waals surface area contributed by atoms with Crippen molar-refractivity contribution in [3.05, 3.63) is 0 Å². The number of hydrogen-bond donors (Lipinski definition) is 1. The molecule has 0 aromatic heterocycles. The molecule has 0 aromatic carbocycles. The number of carbonyl (C=O) groups excluding carboxylic acids is 2. The van der Waals surface area contributed by atoms with Crippen LogP contribution in [0, 0.1) is 11.8 Å². The molecule has 1 N–H and O–H groups in total. The minimum Gasteiger partial charge on any atom is -0.465 e. The molecule has 0 bridgehead atoms. The van der Waals surface area contributed by atoms with Crippen LogP contribution in [0.1, 0.15) is 233 Å². The average Bonchev–Trinajstić information content (AvgIpc) is 3.17. The molecule has 1 unspecified atom stereocenters. The standard InChI is InChI=1S/C47H93NO6/c1-5-9-13-17-18-26-36-45(35-25-16-12-8-4)46(50)52-41-31-21-19-27-37-48(39-29-30-40-49)38-28-20-22-32-42-53-47(51)54-43-44(33-23-14-10-6-2)34-24-15-11-7-3/h44-45,49H,5-43H2,1-4H3. The van der Waals surface area contributed by atoms with Crippen molar-refractivity contribution >= 4 is 12.1 Å². The second-order valence-electron chi connectivity index (χ2n) is 16.3. The Hall–Kier alpha value is -1.34. The van der Waals surface area contributed by atoms with Crippen LogP contribution in [0.15, 0.2) is 0 Å². The molecule has 0 saturated carbocycles. The van der Waals surface area contributed by atoms with Gasteiger partial charge < -0.3 is 24.2 Å². The van der Waals surface area contributed by atoms with Gasteiger partial charge in [-0.2, -0.15) is 0 Å². The number of unbranched alkanes of at least 4 members (excludes halogenated alkanes) is 21. The van der Waals surface area contributed by atoms with Crippen LogP contribution in [0.25, 0.3) is 0 Å². The molecule has 7 nitrogen and oxygen atoms in total. The summed E-state index contributed by atoms with van der Waals surface area (Å²) in [6, 6.07) is 0. The molecule has 0 aromatic rings. The van der Waals surface area contributed by atoms with Gasteiger partial charge in [0.2, 0.25) is 0 Å². The molecule has 0 aliphatic heterocycles. The number of aliphatic hydroxyl groups is 1. The first kappa shape index (κ1) is 52.7. The molecule has 0 rings (SSSR count). The lowest BCUT2D eigenvalue weighted by Gasteiger charge is -2.22. The fourth-order valence-corrected chi connectivity index (χ4v) is 7.44. The van der Waals surface area contributed by atoms with Crippen LogP contribution >= 0.6 is 0 Å². The van der Waals surface area contributed by atoms with Crippen molar-refractivity contribution in [3.63, 3.8) is 0 Å². The molecule has 0 saturated heterocycles. The minimum atomic E-state index is -0.499. The first-order valence-corrected chi connectivity index (χ1v) is 23.8. The summed E-state index contributed by atoms with van der Waals surface area (Å²) in [6.07, 6.45) is 36.7. The summed E-state index contributed by atoms with van der Waals surface area (Å²) in [5, 5.41) is 9.30. The van der Waals surface area contributed by atoms with Crippen LogP contribution in [0.3, 0.4) is 0 Å². The number of carbonyl (C=O) groups is 2. The van der Waals surface area contributed by atoms with E-state index in [1.165, 1.54) is 103 Å². The summed E-state index contributed by atoms with van der Waals surface area (Å²) < 4.78 is 16.8. The first-order chi connectivity index (χ1) is 26.5. The van der Waals surface area contributed by atoms with Gasteiger partial charge in [0.15, 0.2) is 0 Å². The van der Waals surface area contributed by atoms with E-state index in [9.17, 15) is 14.7 Å². The number of aliphatic hydroxyl groups excluding tert-OH is 1. The average molecular weight is 768 g/mol. The highest BCUT2D eigenvalue weighted by molar-refractivity contribution is 5.72. The molecule has 0 amide bonds. The van der Waals surface area contributed by atoms with Gasteiger partial charge in [0.05, 0.1) is 25.7 Å². The van der Waals surface area contributed by atoms with E-state index >= 15 is 0 Å². The largest absolute Gasteiger partial charge is 0.508 e. The zero-order chi connectivity index (χ0) is 39.6. The number of ether oxygens (including phenoxy) is 3. The highest BCUT2D eigenvalue weighted by Gasteiger charge is 2.19. The van der Waals surface area contributed by atoms with Gasteiger partial charge in [0.1, 0.15) is 0 Å². The van der Waals surface area contributed by atoms with Gasteiger partial charge in [0.25, 0.3) is 0 Å². The third kappa shape index (κ3) is 36.3. The summed E-state index contributed by atoms with van der Waals surface area (Å²) in [4.78, 5) is 27.8. The Labute approximate surface area is 336 Å². The van der Waals surface area contributed by atoms with Gasteiger partial charge in [-0.15, -0.1) is 0 Å². The minimum absolute atomic E-state index is 0.0479. The predicted molar refractivity (Wildman–Crippen MR) is 229 cm³/mol. The van der Waals surface area contributed by atoms with Gasteiger partial charge in [-0.25, -0.2) is 4.79 Å². The Bertz CT molecular complexity index is 767. The predicted octanol–water partition coefficient (Wildman–Crippen LogP) is 13.8. The molecule has 1 atom stereocenters. The Morgan fingerprint density at radius 3 is 1.33 bits per heavy atom. The van der Waals surface area contributed by atoms with Crippen molar-refractivity contribution in [2.24, 2.45) is 11.8 Å². The molecule has 7 heteroatoms. The summed E-state index contributed by atoms with van der Waals surface area (Å²) in [6.45, 7) is 13.9. The highest BCUT2D eigenvalue weighted by Crippen LogP contribution is 2.22. The zero-order valence-corrected chi connectivity index (χ0v) is 36.7. The number of hydrogen-bond acceptors (Lipinski definition) is 7. The van der Waals surface area contributed by atoms with Crippen LogP contribution in [0.2, 0.25) is 0 Å². The molecule has 0 radical (unpaired) electrons. The highest BCUT2D eigenvalue weighted by atomic mass is 16.7. The number of nitrogens with zero attached hydrogens (tertiary/aromatic N) is 1. The fraction of sp³-hybridized carbons (Fsp3) is 0.957. The topological polar surface area (TPSA) is 85.3 Å². The lowest BCUT2D eigenvalue weighted by atomic mass is 9.94. The molecule has 0 aliphatic rings. The molecule has 0 aliphatic carbocycles. The molecule has 0 fully saturated rings. The normalized spacial score (nSPS) is 12.1. The third-order valence-electron chi connectivity index (χ3n) is 11.1. The molecular weight excluding hydrogens is 675 g/mol. The summed E-state index contributed by atoms with van der Waals surface area (Å²) in [7, 11) is 0. The lowest BCUT2D eigenvalue weighted by Crippen LogP contribution is -2.27. The molecule has 54 heavy (non-hydrogen) atoms. The lowest BCUT2D eigenvalue weighted by molar-refractivity contribution is -0.149. The zero-order valence-electron chi connectivity index (χ0n) is 36.7. The molecular formula is C47H93NO6. The molecule has 0 heterocycles. The summed E-state index contributed by atoms with van der Waals surface area (Å²) in [5.41, 5.74) is 0. The van der Waals surface area contributed by atoms with E-state index < -0.39 is 6.16 Å². The summed E-state index contributed by atoms with van der Waals surface area (Å²) >= 11 is 0. The van der Waals surface area contributed by atoms with E-state index in [1.807, 2.05) is 0 Å². The molecule has 0 spiro atoms. The number of esters is 1. The smallest absolute Gasteiger partial charge is 0.465 e. The van der Waals surface area contributed by atoms with E-state index in [2.05, 4.69) is 32.6 Å². The van der Waals surface area contributed by atoms with E-state index in [-0.39, 0.29) is 18.5 Å². The first-order valence-electron chi connectivity index (χ1n) is 23.8. The fourth-order valence-electron chi connectivity index (χ4n) is 7.44. The Balaban J connectivity index is 4.26. The van der Waals surface area contributed by atoms with Gasteiger partial charge in [-0.3, -0.25) is 4.79 Å². The Morgan fingerprint density at radius 1 is 0.444 bits per heavy atom. The van der Waals surface area contributed by atoms with Crippen molar-refractivity contribution in [3.8, 4) is 0 Å². The quantitative estimate of drug-likeness (QED) is 0.0488. The van der Waals surface area contributed by atoms with Gasteiger partial charge in [-0.05, 0) is 89.8 Å². The van der Waals surface area contributed by atoms with E-state index in [0.717, 1.165) is 122 Å². The maximum atomic E-state index is 13.0. The van der Waals surface area contributed by atoms with Crippen molar-refractivity contribution in [2.75, 3.05) is 46.1 Å². The van der Waals surface area contributed by atoms with Crippen molar-refractivity contribution < 1.29 is 28.9 Å². The number of rotatable bonds is 43. The van der Waals surface area contributed by atoms with Crippen LogP contribution in [-0.2, 0) is 19.0 Å². The van der Waals surface area contributed by atoms with Gasteiger partial charge in [-0.1, -0.05) is 169 Å². The summed E-state index contributed by atoms with van der Waals surface area (Å²) in [5.74, 6) is 0.590. The van der Waals surface area contributed by atoms with Crippen molar-refractivity contribution in [1.82, 2.24) is 4.90 Å². The Kier molecular flexibility index (Phi) is 41.7. The third-order valence-corrected chi connectivity index (χ3v) is 11.1. The van der Waals surface area contributed by atoms with Crippen LogP contribution in [0.4, 0.5) is 4.79 Å². The van der Waals surface area contributed by atoms with Crippen molar-refractivity contribution in [2.45, 2.75) is 233 Å². The maximum absolute atomic E-state index is 13.0. The van der Waals surface area contributed by atoms with E-state index in [1.54, 1.807) is 0 Å². The van der Waals surface area contributed by atoms with E-state index in [0.29, 0.717) is 25.7 Å². The van der Waals surface area contributed by atoms with Crippen LogP contribution in [0.5, 0.6) is 0 Å². The second kappa shape index (κ2) is 42.8. The van der Waals surface area contributed by atoms with Crippen LogP contribution in [-0.4, -0.2) is 68.2 Å². The molecule has 322 valence electrons. The second-order valence-corrected chi connectivity index (χ2v) is 16.3. The monoisotopic (exact) mass is 768 g/mol. The SMILES string of the molecule is CCCCCCCCC(CCCCCC)C(=O)OCCCCCCN(CCCCO)CCCCCCOC(=O)OCC(CCCCCC)CCCCCC. The maximum Gasteiger partial charge on any atom is 0.508 e. The van der Waals surface area contributed by atoms with Gasteiger partial charge in [0, 0.05) is 6.61 Å².